The summed E-state index contributed by atoms with van der Waals surface area (Å²) in [6.07, 6.45) is 0. The highest BCUT2D eigenvalue weighted by Gasteiger charge is 2.18. The number of benzene rings is 8. The van der Waals surface area contributed by atoms with E-state index in [0.29, 0.717) is 0 Å². The van der Waals surface area contributed by atoms with Crippen molar-refractivity contribution >= 4 is 38.8 Å². The second-order valence-electron chi connectivity index (χ2n) is 12.6. The third-order valence-electron chi connectivity index (χ3n) is 9.47. The molecule has 0 unspecified atom stereocenters. The highest BCUT2D eigenvalue weighted by molar-refractivity contribution is 6.06. The Morgan fingerprint density at radius 1 is 0.340 bits per heavy atom. The van der Waals surface area contributed by atoms with E-state index in [1.807, 2.05) is 18.2 Å². The molecule has 2 heteroatoms. The van der Waals surface area contributed by atoms with E-state index in [2.05, 4.69) is 187 Å². The second kappa shape index (κ2) is 12.8. The SMILES string of the molecule is c1ccc(-c2cccc(-c3ccc(N(c4ccccc4)c4ccc(-c5cccc(-c6cc7ccccc7o6)c5)c5ccccc45)cc3)c2)cc1. The van der Waals surface area contributed by atoms with Crippen LogP contribution in [0.1, 0.15) is 0 Å². The fraction of sp³-hybridized carbons (Fsp3) is 0. The van der Waals surface area contributed by atoms with Gasteiger partial charge >= 0.3 is 0 Å². The molecule has 1 aromatic heterocycles. The van der Waals surface area contributed by atoms with Gasteiger partial charge in [0, 0.05) is 27.7 Å². The van der Waals surface area contributed by atoms with Gasteiger partial charge in [0.2, 0.25) is 0 Å². The molecule has 0 aliphatic rings. The lowest BCUT2D eigenvalue weighted by Gasteiger charge is -2.27. The predicted molar refractivity (Wildman–Crippen MR) is 210 cm³/mol. The number of nitrogens with zero attached hydrogens (tertiary/aromatic N) is 1. The highest BCUT2D eigenvalue weighted by Crippen LogP contribution is 2.43. The van der Waals surface area contributed by atoms with E-state index in [0.717, 1.165) is 44.9 Å². The zero-order valence-electron chi connectivity index (χ0n) is 27.4. The van der Waals surface area contributed by atoms with Crippen molar-refractivity contribution < 1.29 is 4.42 Å². The summed E-state index contributed by atoms with van der Waals surface area (Å²) in [6.45, 7) is 0. The van der Waals surface area contributed by atoms with Crippen molar-refractivity contribution in [1.82, 2.24) is 0 Å². The van der Waals surface area contributed by atoms with Crippen LogP contribution < -0.4 is 4.90 Å². The molecule has 0 saturated carbocycles. The van der Waals surface area contributed by atoms with Gasteiger partial charge in [-0.3, -0.25) is 0 Å². The largest absolute Gasteiger partial charge is 0.456 e. The van der Waals surface area contributed by atoms with E-state index >= 15 is 0 Å². The number of rotatable bonds is 7. The Kier molecular flexibility index (Phi) is 7.53. The fourth-order valence-electron chi connectivity index (χ4n) is 7.01. The maximum Gasteiger partial charge on any atom is 0.135 e. The van der Waals surface area contributed by atoms with Gasteiger partial charge in [0.25, 0.3) is 0 Å². The van der Waals surface area contributed by atoms with E-state index in [-0.39, 0.29) is 0 Å². The van der Waals surface area contributed by atoms with Crippen LogP contribution in [0, 0.1) is 0 Å². The Labute approximate surface area is 292 Å². The van der Waals surface area contributed by atoms with E-state index in [9.17, 15) is 0 Å². The molecule has 0 fully saturated rings. The first-order chi connectivity index (χ1) is 24.8. The van der Waals surface area contributed by atoms with Crippen molar-refractivity contribution in [2.24, 2.45) is 0 Å². The summed E-state index contributed by atoms with van der Waals surface area (Å²) in [7, 11) is 0. The Morgan fingerprint density at radius 3 is 1.66 bits per heavy atom. The van der Waals surface area contributed by atoms with Crippen LogP contribution in [0.25, 0.3) is 66.4 Å². The number of hydrogen-bond acceptors (Lipinski definition) is 2. The molecule has 0 bridgehead atoms. The molecule has 9 aromatic rings. The summed E-state index contributed by atoms with van der Waals surface area (Å²) in [5, 5.41) is 3.49. The van der Waals surface area contributed by atoms with Crippen LogP contribution in [0.2, 0.25) is 0 Å². The molecule has 0 radical (unpaired) electrons. The molecule has 2 nitrogen and oxygen atoms in total. The smallest absolute Gasteiger partial charge is 0.135 e. The zero-order chi connectivity index (χ0) is 33.3. The molecule has 236 valence electrons. The maximum atomic E-state index is 6.24. The molecular formula is C48H33NO. The molecule has 9 rings (SSSR count). The Bertz CT molecular complexity index is 2550. The Morgan fingerprint density at radius 2 is 0.900 bits per heavy atom. The second-order valence-corrected chi connectivity index (χ2v) is 12.6. The standard InChI is InChI=1S/C48H33NO/c1-3-13-34(14-4-1)36-16-11-17-37(31-36)35-25-27-42(28-26-35)49(41-20-5-2-6-21-41)46-30-29-43(44-22-8-9-23-45(44)46)38-18-12-19-39(32-38)48-33-40-15-7-10-24-47(40)50-48/h1-33H. The van der Waals surface area contributed by atoms with E-state index < -0.39 is 0 Å². The molecule has 1 heterocycles. The van der Waals surface area contributed by atoms with Crippen molar-refractivity contribution in [3.05, 3.63) is 200 Å². The minimum Gasteiger partial charge on any atom is -0.456 e. The number of anilines is 3. The Hall–Kier alpha value is -6.64. The van der Waals surface area contributed by atoms with Gasteiger partial charge in [0.05, 0.1) is 5.69 Å². The lowest BCUT2D eigenvalue weighted by Crippen LogP contribution is -2.10. The average Bonchev–Trinajstić information content (AvgIpc) is 3.64. The van der Waals surface area contributed by atoms with Crippen LogP contribution >= 0.6 is 0 Å². The van der Waals surface area contributed by atoms with Gasteiger partial charge in [-0.15, -0.1) is 0 Å². The number of hydrogen-bond donors (Lipinski definition) is 0. The summed E-state index contributed by atoms with van der Waals surface area (Å²) in [4.78, 5) is 2.36. The summed E-state index contributed by atoms with van der Waals surface area (Å²) in [5.74, 6) is 0.875. The quantitative estimate of drug-likeness (QED) is 0.173. The molecule has 0 atom stereocenters. The van der Waals surface area contributed by atoms with Gasteiger partial charge in [0.15, 0.2) is 0 Å². The normalized spacial score (nSPS) is 11.2. The van der Waals surface area contributed by atoms with Crippen molar-refractivity contribution in [2.75, 3.05) is 4.90 Å². The molecule has 0 saturated heterocycles. The maximum absolute atomic E-state index is 6.24. The van der Waals surface area contributed by atoms with Crippen molar-refractivity contribution in [3.8, 4) is 44.7 Å². The van der Waals surface area contributed by atoms with E-state index in [1.54, 1.807) is 0 Å². The third kappa shape index (κ3) is 5.53. The summed E-state index contributed by atoms with van der Waals surface area (Å²) in [5.41, 5.74) is 12.5. The zero-order valence-corrected chi connectivity index (χ0v) is 27.4. The molecule has 0 amide bonds. The first kappa shape index (κ1) is 29.5. The summed E-state index contributed by atoms with van der Waals surface area (Å²) in [6, 6.07) is 71.1. The van der Waals surface area contributed by atoms with Crippen LogP contribution in [0.5, 0.6) is 0 Å². The van der Waals surface area contributed by atoms with Crippen molar-refractivity contribution in [2.45, 2.75) is 0 Å². The Balaban J connectivity index is 1.12. The number of fused-ring (bicyclic) bond motifs is 2. The first-order valence-corrected chi connectivity index (χ1v) is 17.0. The molecule has 50 heavy (non-hydrogen) atoms. The molecule has 0 aliphatic heterocycles. The van der Waals surface area contributed by atoms with E-state index in [1.165, 1.54) is 38.6 Å². The monoisotopic (exact) mass is 639 g/mol. The lowest BCUT2D eigenvalue weighted by molar-refractivity contribution is 0.631. The van der Waals surface area contributed by atoms with Crippen LogP contribution in [0.15, 0.2) is 205 Å². The van der Waals surface area contributed by atoms with Gasteiger partial charge in [-0.2, -0.15) is 0 Å². The van der Waals surface area contributed by atoms with Crippen LogP contribution in [0.3, 0.4) is 0 Å². The molecule has 8 aromatic carbocycles. The molecular weight excluding hydrogens is 607 g/mol. The molecule has 0 aliphatic carbocycles. The van der Waals surface area contributed by atoms with Gasteiger partial charge in [-0.05, 0) is 93.4 Å². The van der Waals surface area contributed by atoms with Gasteiger partial charge in [-0.1, -0.05) is 146 Å². The highest BCUT2D eigenvalue weighted by atomic mass is 16.3. The van der Waals surface area contributed by atoms with Crippen molar-refractivity contribution in [3.63, 3.8) is 0 Å². The summed E-state index contributed by atoms with van der Waals surface area (Å²) < 4.78 is 6.24. The van der Waals surface area contributed by atoms with Crippen molar-refractivity contribution in [1.29, 1.82) is 0 Å². The molecule has 0 spiro atoms. The van der Waals surface area contributed by atoms with Gasteiger partial charge in [0.1, 0.15) is 11.3 Å². The van der Waals surface area contributed by atoms with Gasteiger partial charge in [-0.25, -0.2) is 0 Å². The molecule has 0 N–H and O–H groups in total. The fourth-order valence-corrected chi connectivity index (χ4v) is 7.01. The van der Waals surface area contributed by atoms with Crippen LogP contribution in [0.4, 0.5) is 17.1 Å². The summed E-state index contributed by atoms with van der Waals surface area (Å²) >= 11 is 0. The minimum atomic E-state index is 0.875. The predicted octanol–water partition coefficient (Wildman–Crippen LogP) is 13.7. The number of para-hydroxylation sites is 2. The first-order valence-electron chi connectivity index (χ1n) is 17.0. The average molecular weight is 640 g/mol. The number of furan rings is 1. The van der Waals surface area contributed by atoms with Crippen LogP contribution in [-0.2, 0) is 0 Å². The lowest BCUT2D eigenvalue weighted by atomic mass is 9.95. The minimum absolute atomic E-state index is 0.875. The topological polar surface area (TPSA) is 16.4 Å². The van der Waals surface area contributed by atoms with Gasteiger partial charge < -0.3 is 9.32 Å². The third-order valence-corrected chi connectivity index (χ3v) is 9.47. The van der Waals surface area contributed by atoms with Crippen LogP contribution in [-0.4, -0.2) is 0 Å². The van der Waals surface area contributed by atoms with E-state index in [4.69, 9.17) is 4.42 Å².